The number of carbonyl (C=O) groups excluding carboxylic acids is 1. The lowest BCUT2D eigenvalue weighted by molar-refractivity contribution is 0.0962. The van der Waals surface area contributed by atoms with E-state index >= 15 is 0 Å². The van der Waals surface area contributed by atoms with Crippen LogP contribution in [0.5, 0.6) is 0 Å². The van der Waals surface area contributed by atoms with E-state index in [0.29, 0.717) is 39.4 Å². The van der Waals surface area contributed by atoms with Gasteiger partial charge in [-0.05, 0) is 47.7 Å². The molecule has 4 aromatic rings. The number of benzene rings is 2. The van der Waals surface area contributed by atoms with E-state index in [1.807, 2.05) is 48.5 Å². The van der Waals surface area contributed by atoms with Gasteiger partial charge >= 0.3 is 0 Å². The zero-order valence-electron chi connectivity index (χ0n) is 15.8. The molecule has 0 amide bonds. The molecule has 0 aliphatic heterocycles. The molecule has 1 aliphatic carbocycles. The van der Waals surface area contributed by atoms with Gasteiger partial charge in [0.25, 0.3) is 5.78 Å². The van der Waals surface area contributed by atoms with Gasteiger partial charge in [0.15, 0.2) is 5.78 Å². The Labute approximate surface area is 187 Å². The summed E-state index contributed by atoms with van der Waals surface area (Å²) in [6.45, 7) is 0. The Morgan fingerprint density at radius 2 is 1.90 bits per heavy atom. The molecule has 1 atom stereocenters. The van der Waals surface area contributed by atoms with Crippen molar-refractivity contribution in [1.82, 2.24) is 19.6 Å². The minimum absolute atomic E-state index is 0.0590. The topological polar surface area (TPSA) is 60.2 Å². The van der Waals surface area contributed by atoms with E-state index in [9.17, 15) is 4.79 Å². The van der Waals surface area contributed by atoms with Gasteiger partial charge in [-0.25, -0.2) is 4.98 Å². The number of carbonyl (C=O) groups is 1. The van der Waals surface area contributed by atoms with Crippen molar-refractivity contribution in [2.24, 2.45) is 0 Å². The SMILES string of the molecule is O=C1CC(c2cccc(Cl)c2)Cc2c1cnc1nc(SCc3ccc(Cl)cc3)nn21. The molecule has 8 heteroatoms. The minimum atomic E-state index is 0.0590. The second-order valence-electron chi connectivity index (χ2n) is 7.22. The number of rotatable bonds is 4. The molecule has 5 rings (SSSR count). The molecule has 150 valence electrons. The van der Waals surface area contributed by atoms with Gasteiger partial charge in [0.1, 0.15) is 0 Å². The Morgan fingerprint density at radius 1 is 1.07 bits per heavy atom. The summed E-state index contributed by atoms with van der Waals surface area (Å²) in [5.74, 6) is 1.36. The molecule has 0 saturated heterocycles. The molecular weight excluding hydrogens is 439 g/mol. The van der Waals surface area contributed by atoms with Crippen molar-refractivity contribution >= 4 is 46.5 Å². The Hall–Kier alpha value is -2.41. The number of ketones is 1. The third kappa shape index (κ3) is 3.83. The molecule has 1 aliphatic rings. The van der Waals surface area contributed by atoms with Crippen molar-refractivity contribution in [3.63, 3.8) is 0 Å². The summed E-state index contributed by atoms with van der Waals surface area (Å²) in [4.78, 5) is 21.7. The van der Waals surface area contributed by atoms with Crippen LogP contribution in [0, 0.1) is 0 Å². The van der Waals surface area contributed by atoms with Crippen LogP contribution in [0.3, 0.4) is 0 Å². The third-order valence-electron chi connectivity index (χ3n) is 5.22. The summed E-state index contributed by atoms with van der Waals surface area (Å²) in [6, 6.07) is 15.4. The summed E-state index contributed by atoms with van der Waals surface area (Å²) in [6.07, 6.45) is 2.75. The van der Waals surface area contributed by atoms with E-state index < -0.39 is 0 Å². The molecule has 5 nitrogen and oxygen atoms in total. The number of aromatic nitrogens is 4. The predicted molar refractivity (Wildman–Crippen MR) is 119 cm³/mol. The van der Waals surface area contributed by atoms with Gasteiger partial charge < -0.3 is 0 Å². The number of hydrogen-bond acceptors (Lipinski definition) is 5. The quantitative estimate of drug-likeness (QED) is 0.373. The lowest BCUT2D eigenvalue weighted by atomic mass is 9.82. The van der Waals surface area contributed by atoms with Gasteiger partial charge in [0.2, 0.25) is 5.16 Å². The van der Waals surface area contributed by atoms with E-state index in [1.54, 1.807) is 10.7 Å². The Bertz CT molecular complexity index is 1260. The summed E-state index contributed by atoms with van der Waals surface area (Å²) in [7, 11) is 0. The molecule has 0 radical (unpaired) electrons. The number of nitrogens with zero attached hydrogens (tertiary/aromatic N) is 4. The Morgan fingerprint density at radius 3 is 2.70 bits per heavy atom. The number of Topliss-reactive ketones (excluding diaryl/α,β-unsaturated/α-hetero) is 1. The normalized spacial score (nSPS) is 16.1. The summed E-state index contributed by atoms with van der Waals surface area (Å²) >= 11 is 13.6. The van der Waals surface area contributed by atoms with Crippen LogP contribution in [0.25, 0.3) is 5.78 Å². The summed E-state index contributed by atoms with van der Waals surface area (Å²) in [5, 5.41) is 6.65. The lowest BCUT2D eigenvalue weighted by Crippen LogP contribution is -2.22. The molecule has 2 aromatic heterocycles. The van der Waals surface area contributed by atoms with Crippen LogP contribution in [-0.4, -0.2) is 25.4 Å². The van der Waals surface area contributed by atoms with Crippen LogP contribution >= 0.6 is 35.0 Å². The highest BCUT2D eigenvalue weighted by atomic mass is 35.5. The molecule has 1 unspecified atom stereocenters. The molecule has 0 saturated carbocycles. The number of halogens is 2. The molecule has 0 spiro atoms. The Balaban J connectivity index is 1.45. The van der Waals surface area contributed by atoms with Crippen LogP contribution in [0.2, 0.25) is 10.0 Å². The smallest absolute Gasteiger partial charge is 0.253 e. The maximum atomic E-state index is 12.8. The molecular formula is C22H16Cl2N4OS. The van der Waals surface area contributed by atoms with E-state index in [2.05, 4.69) is 15.1 Å². The van der Waals surface area contributed by atoms with Gasteiger partial charge in [0, 0.05) is 28.4 Å². The average Bonchev–Trinajstić information content (AvgIpc) is 3.17. The third-order valence-corrected chi connectivity index (χ3v) is 6.62. The van der Waals surface area contributed by atoms with Crippen LogP contribution < -0.4 is 0 Å². The van der Waals surface area contributed by atoms with Gasteiger partial charge in [0.05, 0.1) is 11.3 Å². The number of hydrogen-bond donors (Lipinski definition) is 0. The maximum Gasteiger partial charge on any atom is 0.253 e. The van der Waals surface area contributed by atoms with Gasteiger partial charge in [-0.3, -0.25) is 4.79 Å². The first-order valence-corrected chi connectivity index (χ1v) is 11.2. The highest BCUT2D eigenvalue weighted by Crippen LogP contribution is 2.34. The van der Waals surface area contributed by atoms with Crippen molar-refractivity contribution in [3.05, 3.63) is 87.2 Å². The van der Waals surface area contributed by atoms with Crippen molar-refractivity contribution in [2.75, 3.05) is 0 Å². The maximum absolute atomic E-state index is 12.8. The van der Waals surface area contributed by atoms with Crippen LogP contribution in [0.15, 0.2) is 59.9 Å². The zero-order chi connectivity index (χ0) is 20.7. The standard InChI is InChI=1S/C22H16Cl2N4OS/c23-16-6-4-13(5-7-16)12-30-22-26-21-25-11-18-19(28(21)27-22)9-15(10-20(18)29)14-2-1-3-17(24)8-14/h1-8,11,15H,9-10,12H2. The van der Waals surface area contributed by atoms with E-state index in [0.717, 1.165) is 22.6 Å². The second-order valence-corrected chi connectivity index (χ2v) is 9.04. The van der Waals surface area contributed by atoms with Crippen LogP contribution in [-0.2, 0) is 12.2 Å². The zero-order valence-corrected chi connectivity index (χ0v) is 18.1. The van der Waals surface area contributed by atoms with Crippen molar-refractivity contribution < 1.29 is 4.79 Å². The Kier molecular flexibility index (Phi) is 5.23. The van der Waals surface area contributed by atoms with E-state index in [4.69, 9.17) is 23.2 Å². The summed E-state index contributed by atoms with van der Waals surface area (Å²) < 4.78 is 1.72. The molecule has 0 fully saturated rings. The highest BCUT2D eigenvalue weighted by molar-refractivity contribution is 7.98. The van der Waals surface area contributed by atoms with Gasteiger partial charge in [-0.15, -0.1) is 5.10 Å². The van der Waals surface area contributed by atoms with Crippen LogP contribution in [0.1, 0.15) is 39.5 Å². The van der Waals surface area contributed by atoms with E-state index in [-0.39, 0.29) is 11.7 Å². The largest absolute Gasteiger partial charge is 0.294 e. The molecule has 2 aromatic carbocycles. The van der Waals surface area contributed by atoms with Crippen LogP contribution in [0.4, 0.5) is 0 Å². The summed E-state index contributed by atoms with van der Waals surface area (Å²) in [5.41, 5.74) is 3.67. The second kappa shape index (κ2) is 8.02. The van der Waals surface area contributed by atoms with Gasteiger partial charge in [-0.2, -0.15) is 9.50 Å². The molecule has 2 heterocycles. The first-order valence-electron chi connectivity index (χ1n) is 9.47. The molecule has 0 N–H and O–H groups in total. The monoisotopic (exact) mass is 454 g/mol. The fraction of sp³-hybridized carbons (Fsp3) is 0.182. The fourth-order valence-electron chi connectivity index (χ4n) is 3.72. The molecule has 0 bridgehead atoms. The fourth-order valence-corrected chi connectivity index (χ4v) is 4.81. The van der Waals surface area contributed by atoms with E-state index in [1.165, 1.54) is 11.8 Å². The number of thioether (sulfide) groups is 1. The van der Waals surface area contributed by atoms with Crippen molar-refractivity contribution in [2.45, 2.75) is 29.7 Å². The first kappa shape index (κ1) is 19.5. The molecule has 30 heavy (non-hydrogen) atoms. The highest BCUT2D eigenvalue weighted by Gasteiger charge is 2.29. The average molecular weight is 455 g/mol. The lowest BCUT2D eigenvalue weighted by Gasteiger charge is -2.24. The van der Waals surface area contributed by atoms with Gasteiger partial charge in [-0.1, -0.05) is 59.2 Å². The first-order chi connectivity index (χ1) is 14.6. The van der Waals surface area contributed by atoms with Crippen molar-refractivity contribution in [1.29, 1.82) is 0 Å². The van der Waals surface area contributed by atoms with Crippen molar-refractivity contribution in [3.8, 4) is 0 Å². The predicted octanol–water partition coefficient (Wildman–Crippen LogP) is 5.64. The number of fused-ring (bicyclic) bond motifs is 3. The minimum Gasteiger partial charge on any atom is -0.294 e.